The van der Waals surface area contributed by atoms with Crippen LogP contribution in [0, 0.1) is 0 Å². The van der Waals surface area contributed by atoms with Gasteiger partial charge in [-0.2, -0.15) is 27.1 Å². The molecule has 39 heavy (non-hydrogen) atoms. The second-order valence-electron chi connectivity index (χ2n) is 7.58. The molecule has 0 aromatic heterocycles. The summed E-state index contributed by atoms with van der Waals surface area (Å²) in [5.41, 5.74) is 11.1. The van der Waals surface area contributed by atoms with E-state index in [9.17, 15) is 31.0 Å². The van der Waals surface area contributed by atoms with E-state index in [2.05, 4.69) is 20.5 Å². The molecule has 0 bridgehead atoms. The van der Waals surface area contributed by atoms with E-state index in [1.807, 2.05) is 0 Å². The topological polar surface area (TPSA) is 230 Å². The monoisotopic (exact) mass is 588 g/mol. The van der Waals surface area contributed by atoms with Crippen molar-refractivity contribution in [3.05, 3.63) is 66.7 Å². The molecule has 192 valence electrons. The number of fused-ring (bicyclic) bond motifs is 1. The molecular weight excluding hydrogens is 570 g/mol. The van der Waals surface area contributed by atoms with Crippen LogP contribution in [-0.2, 0) is 20.2 Å². The number of phenolic OH excluding ortho intramolecular Hbond substituents is 1. The molecule has 4 aromatic carbocycles. The summed E-state index contributed by atoms with van der Waals surface area (Å²) in [4.78, 5) is -1.70. The van der Waals surface area contributed by atoms with E-state index in [4.69, 9.17) is 11.5 Å². The van der Waals surface area contributed by atoms with Crippen LogP contribution in [-0.4, -0.2) is 90.2 Å². The van der Waals surface area contributed by atoms with E-state index in [1.165, 1.54) is 24.3 Å². The number of azo groups is 2. The summed E-state index contributed by atoms with van der Waals surface area (Å²) in [5, 5.41) is 25.8. The van der Waals surface area contributed by atoms with Crippen LogP contribution < -0.4 is 11.5 Å². The molecule has 0 aliphatic carbocycles. The maximum atomic E-state index is 12.1. The van der Waals surface area contributed by atoms with Gasteiger partial charge in [-0.15, -0.1) is 10.2 Å². The SMILES string of the molecule is Nc1ccc(N=Nc2c(S(=O)(=O)O)cc3cc(S(=O)(=O)O)c(N=Nc4ccccc4)c(O)c3c2N)cc1.[Na].[Na]. The number of anilines is 2. The zero-order valence-corrected chi connectivity index (χ0v) is 26.2. The summed E-state index contributed by atoms with van der Waals surface area (Å²) in [6, 6.07) is 15.8. The number of phenols is 1. The van der Waals surface area contributed by atoms with Gasteiger partial charge < -0.3 is 16.6 Å². The molecule has 7 N–H and O–H groups in total. The van der Waals surface area contributed by atoms with Gasteiger partial charge in [0.15, 0.2) is 5.75 Å². The number of hydrogen-bond acceptors (Lipinski definition) is 11. The van der Waals surface area contributed by atoms with Gasteiger partial charge >= 0.3 is 0 Å². The van der Waals surface area contributed by atoms with Gasteiger partial charge in [-0.3, -0.25) is 9.11 Å². The van der Waals surface area contributed by atoms with Gasteiger partial charge in [0.2, 0.25) is 0 Å². The Labute approximate surface area is 267 Å². The van der Waals surface area contributed by atoms with Gasteiger partial charge in [-0.25, -0.2) is 0 Å². The molecule has 0 amide bonds. The molecule has 2 radical (unpaired) electrons. The molecule has 0 saturated heterocycles. The van der Waals surface area contributed by atoms with Gasteiger partial charge in [-0.05, 0) is 53.9 Å². The van der Waals surface area contributed by atoms with Crippen molar-refractivity contribution >= 4 is 124 Å². The number of rotatable bonds is 6. The second-order valence-corrected chi connectivity index (χ2v) is 10.4. The van der Waals surface area contributed by atoms with Gasteiger partial charge in [0.25, 0.3) is 20.2 Å². The maximum absolute atomic E-state index is 12.1. The average Bonchev–Trinajstić information content (AvgIpc) is 2.82. The minimum atomic E-state index is -4.99. The number of nitrogen functional groups attached to an aromatic ring is 2. The second kappa shape index (κ2) is 12.8. The Kier molecular flexibility index (Phi) is 10.8. The number of nitrogens with two attached hydrogens (primary N) is 2. The third-order valence-electron chi connectivity index (χ3n) is 5.05. The molecule has 4 rings (SSSR count). The van der Waals surface area contributed by atoms with Crippen molar-refractivity contribution < 1.29 is 31.0 Å². The third kappa shape index (κ3) is 7.40. The van der Waals surface area contributed by atoms with Crippen molar-refractivity contribution in [1.29, 1.82) is 0 Å². The Hall–Kier alpha value is -2.44. The van der Waals surface area contributed by atoms with Crippen LogP contribution in [0.2, 0.25) is 0 Å². The fourth-order valence-electron chi connectivity index (χ4n) is 3.36. The van der Waals surface area contributed by atoms with Crippen molar-refractivity contribution in [2.75, 3.05) is 11.5 Å². The summed E-state index contributed by atoms with van der Waals surface area (Å²) in [7, 11) is -9.96. The van der Waals surface area contributed by atoms with Crippen molar-refractivity contribution in [3.63, 3.8) is 0 Å². The molecule has 0 atom stereocenters. The first-order valence-electron chi connectivity index (χ1n) is 10.2. The maximum Gasteiger partial charge on any atom is 0.296 e. The minimum Gasteiger partial charge on any atom is -0.505 e. The molecular formula is C22H18N6Na2O7S2. The van der Waals surface area contributed by atoms with Crippen LogP contribution in [0.15, 0.2) is 97.0 Å². The van der Waals surface area contributed by atoms with E-state index < -0.39 is 52.8 Å². The predicted molar refractivity (Wildman–Crippen MR) is 147 cm³/mol. The van der Waals surface area contributed by atoms with E-state index in [1.54, 1.807) is 30.3 Å². The van der Waals surface area contributed by atoms with Crippen LogP contribution in [0.25, 0.3) is 10.8 Å². The molecule has 0 spiro atoms. The predicted octanol–water partition coefficient (Wildman–Crippen LogP) is 4.27. The van der Waals surface area contributed by atoms with E-state index in [0.717, 1.165) is 12.1 Å². The van der Waals surface area contributed by atoms with Crippen molar-refractivity contribution in [3.8, 4) is 5.75 Å². The van der Waals surface area contributed by atoms with Crippen LogP contribution >= 0.6 is 0 Å². The fourth-order valence-corrected chi connectivity index (χ4v) is 4.68. The average molecular weight is 589 g/mol. The zero-order valence-electron chi connectivity index (χ0n) is 20.6. The van der Waals surface area contributed by atoms with Crippen molar-refractivity contribution in [2.45, 2.75) is 9.79 Å². The van der Waals surface area contributed by atoms with Gasteiger partial charge in [-0.1, -0.05) is 18.2 Å². The Balaban J connectivity index is 0.00000267. The largest absolute Gasteiger partial charge is 0.505 e. The first-order valence-corrected chi connectivity index (χ1v) is 13.1. The summed E-state index contributed by atoms with van der Waals surface area (Å²) in [6.45, 7) is 0. The summed E-state index contributed by atoms with van der Waals surface area (Å²) >= 11 is 0. The van der Waals surface area contributed by atoms with Crippen LogP contribution in [0.4, 0.5) is 34.1 Å². The fraction of sp³-hybridized carbons (Fsp3) is 0. The number of nitrogens with zero attached hydrogens (tertiary/aromatic N) is 4. The molecule has 0 aliphatic rings. The minimum absolute atomic E-state index is 0. The van der Waals surface area contributed by atoms with Gasteiger partial charge in [0.05, 0.1) is 22.4 Å². The zero-order chi connectivity index (χ0) is 27.0. The van der Waals surface area contributed by atoms with Crippen LogP contribution in [0.1, 0.15) is 0 Å². The van der Waals surface area contributed by atoms with Crippen molar-refractivity contribution in [2.24, 2.45) is 20.5 Å². The summed E-state index contributed by atoms with van der Waals surface area (Å²) < 4.78 is 67.9. The smallest absolute Gasteiger partial charge is 0.296 e. The Morgan fingerprint density at radius 2 is 1.10 bits per heavy atom. The molecule has 17 heteroatoms. The quantitative estimate of drug-likeness (QED) is 0.0935. The third-order valence-corrected chi connectivity index (χ3v) is 6.78. The van der Waals surface area contributed by atoms with Gasteiger partial charge in [0.1, 0.15) is 21.2 Å². The standard InChI is InChI=1S/C22H18N6O7S2.2Na/c23-13-6-8-15(9-7-13)26-27-20-16(36(30,31)32)10-12-11-17(37(33,34)35)21(22(29)18(12)19(20)24)28-25-14-4-2-1-3-5-14;;/h1-11,29H,23-24H2,(H,30,31,32)(H,33,34,35);;. The first-order chi connectivity index (χ1) is 17.4. The van der Waals surface area contributed by atoms with Gasteiger partial charge in [0, 0.05) is 64.8 Å². The summed E-state index contributed by atoms with van der Waals surface area (Å²) in [5.74, 6) is -0.840. The molecule has 13 nitrogen and oxygen atoms in total. The van der Waals surface area contributed by atoms with E-state index in [-0.39, 0.29) is 75.6 Å². The first kappa shape index (κ1) is 32.8. The van der Waals surface area contributed by atoms with Crippen LogP contribution in [0.3, 0.4) is 0 Å². The Morgan fingerprint density at radius 1 is 0.641 bits per heavy atom. The normalized spacial score (nSPS) is 11.9. The molecule has 0 fully saturated rings. The Morgan fingerprint density at radius 3 is 1.62 bits per heavy atom. The molecule has 0 aliphatic heterocycles. The molecule has 0 unspecified atom stereocenters. The number of hydrogen-bond donors (Lipinski definition) is 5. The van der Waals surface area contributed by atoms with Crippen LogP contribution in [0.5, 0.6) is 5.75 Å². The van der Waals surface area contributed by atoms with E-state index >= 15 is 0 Å². The van der Waals surface area contributed by atoms with E-state index in [0.29, 0.717) is 11.4 Å². The number of benzene rings is 4. The van der Waals surface area contributed by atoms with Crippen molar-refractivity contribution in [1.82, 2.24) is 0 Å². The molecule has 0 heterocycles. The Bertz CT molecular complexity index is 1800. The molecule has 4 aromatic rings. The summed E-state index contributed by atoms with van der Waals surface area (Å²) in [6.07, 6.45) is 0. The molecule has 0 saturated carbocycles. The number of aromatic hydroxyl groups is 1.